The fraction of sp³-hybridized carbons (Fsp3) is 0.550. The van der Waals surface area contributed by atoms with E-state index in [0.717, 1.165) is 15.4 Å². The molecule has 2 unspecified atom stereocenters. The van der Waals surface area contributed by atoms with Gasteiger partial charge in [0.2, 0.25) is 0 Å². The van der Waals surface area contributed by atoms with E-state index in [4.69, 9.17) is 4.43 Å². The Labute approximate surface area is 162 Å². The molecule has 0 spiro atoms. The summed E-state index contributed by atoms with van der Waals surface area (Å²) in [6.45, 7) is 14.6. The molecule has 2 aromatic rings. The maximum Gasteiger partial charge on any atom is 0.193 e. The van der Waals surface area contributed by atoms with Crippen molar-refractivity contribution in [1.29, 1.82) is 0 Å². The molecule has 1 heterocycles. The summed E-state index contributed by atoms with van der Waals surface area (Å²) in [6, 6.07) is 9.72. The first-order valence-electron chi connectivity index (χ1n) is 9.16. The molecule has 1 aromatic heterocycles. The summed E-state index contributed by atoms with van der Waals surface area (Å²) in [7, 11) is -1.80. The molecule has 2 atom stereocenters. The Morgan fingerprint density at radius 1 is 1.23 bits per heavy atom. The van der Waals surface area contributed by atoms with E-state index in [-0.39, 0.29) is 11.1 Å². The van der Waals surface area contributed by atoms with E-state index in [0.29, 0.717) is 13.1 Å². The van der Waals surface area contributed by atoms with Crippen molar-refractivity contribution in [3.05, 3.63) is 52.0 Å². The summed E-state index contributed by atoms with van der Waals surface area (Å²) >= 11 is 1.68. The van der Waals surface area contributed by atoms with Gasteiger partial charge in [0, 0.05) is 24.2 Å². The van der Waals surface area contributed by atoms with E-state index >= 15 is 0 Å². The van der Waals surface area contributed by atoms with Gasteiger partial charge in [-0.05, 0) is 30.6 Å². The summed E-state index contributed by atoms with van der Waals surface area (Å²) in [5, 5.41) is 14.7. The van der Waals surface area contributed by atoms with E-state index in [9.17, 15) is 5.11 Å². The normalized spacial score (nSPS) is 15.0. The van der Waals surface area contributed by atoms with Crippen molar-refractivity contribution in [2.24, 2.45) is 0 Å². The van der Waals surface area contributed by atoms with Gasteiger partial charge in [-0.3, -0.25) is 0 Å². The fourth-order valence-corrected chi connectivity index (χ4v) is 4.69. The average molecular weight is 393 g/mol. The van der Waals surface area contributed by atoms with Crippen LogP contribution in [-0.4, -0.2) is 25.0 Å². The Morgan fingerprint density at radius 3 is 2.50 bits per heavy atom. The molecule has 0 bridgehead atoms. The van der Waals surface area contributed by atoms with Gasteiger partial charge < -0.3 is 14.8 Å². The topological polar surface area (TPSA) is 54.4 Å². The maximum absolute atomic E-state index is 10.2. The number of hydrogen-bond donors (Lipinski definition) is 2. The molecule has 144 valence electrons. The minimum atomic E-state index is -1.80. The van der Waals surface area contributed by atoms with Crippen molar-refractivity contribution in [2.75, 3.05) is 6.54 Å². The molecule has 0 aliphatic rings. The highest BCUT2D eigenvalue weighted by Crippen LogP contribution is 2.40. The molecule has 1 aromatic carbocycles. The van der Waals surface area contributed by atoms with E-state index in [1.807, 2.05) is 36.5 Å². The lowest BCUT2D eigenvalue weighted by Crippen LogP contribution is -2.41. The van der Waals surface area contributed by atoms with Gasteiger partial charge in [-0.2, -0.15) is 0 Å². The average Bonchev–Trinajstić information content (AvgIpc) is 3.03. The number of benzene rings is 1. The van der Waals surface area contributed by atoms with Crippen LogP contribution in [0.2, 0.25) is 18.1 Å². The van der Waals surface area contributed by atoms with E-state index in [1.165, 1.54) is 0 Å². The van der Waals surface area contributed by atoms with E-state index in [2.05, 4.69) is 51.1 Å². The quantitative estimate of drug-likeness (QED) is 0.617. The van der Waals surface area contributed by atoms with Crippen LogP contribution in [0.4, 0.5) is 0 Å². The van der Waals surface area contributed by atoms with Crippen LogP contribution >= 0.6 is 11.3 Å². The number of aliphatic hydroxyl groups is 1. The molecular weight excluding hydrogens is 360 g/mol. The van der Waals surface area contributed by atoms with Gasteiger partial charge in [0.1, 0.15) is 5.01 Å². The zero-order valence-electron chi connectivity index (χ0n) is 16.7. The second kappa shape index (κ2) is 8.76. The van der Waals surface area contributed by atoms with Gasteiger partial charge >= 0.3 is 0 Å². The zero-order chi connectivity index (χ0) is 19.4. The van der Waals surface area contributed by atoms with Crippen LogP contribution in [0.5, 0.6) is 0 Å². The lowest BCUT2D eigenvalue weighted by molar-refractivity contribution is 0.174. The summed E-state index contributed by atoms with van der Waals surface area (Å²) in [6.07, 6.45) is 1.43. The molecule has 0 saturated heterocycles. The van der Waals surface area contributed by atoms with Gasteiger partial charge in [-0.1, -0.05) is 51.1 Å². The summed E-state index contributed by atoms with van der Waals surface area (Å²) in [5.74, 6) is 0. The van der Waals surface area contributed by atoms with Crippen molar-refractivity contribution in [2.45, 2.75) is 64.6 Å². The standard InChI is InChI=1S/C20H32N2O2SSi/c1-15(24-26(5,6)20(2,3)4)19-22-13-17(25-19)12-21-14-18(23)16-10-8-7-9-11-16/h7-11,13,15,18,21,23H,12,14H2,1-6H3. The Bertz CT molecular complexity index is 683. The molecule has 2 N–H and O–H groups in total. The smallest absolute Gasteiger partial charge is 0.193 e. The van der Waals surface area contributed by atoms with Crippen LogP contribution in [0.15, 0.2) is 36.5 Å². The molecule has 0 radical (unpaired) electrons. The molecule has 0 saturated carbocycles. The van der Waals surface area contributed by atoms with Gasteiger partial charge in [-0.25, -0.2) is 4.98 Å². The van der Waals surface area contributed by atoms with Gasteiger partial charge in [-0.15, -0.1) is 11.3 Å². The molecule has 26 heavy (non-hydrogen) atoms. The molecule has 0 fully saturated rings. The first-order chi connectivity index (χ1) is 12.1. The molecule has 2 rings (SSSR count). The minimum Gasteiger partial charge on any atom is -0.408 e. The summed E-state index contributed by atoms with van der Waals surface area (Å²) < 4.78 is 6.43. The van der Waals surface area contributed by atoms with Crippen LogP contribution in [0.1, 0.15) is 55.4 Å². The summed E-state index contributed by atoms with van der Waals surface area (Å²) in [5.41, 5.74) is 0.932. The highest BCUT2D eigenvalue weighted by Gasteiger charge is 2.39. The van der Waals surface area contributed by atoms with Gasteiger partial charge in [0.15, 0.2) is 8.32 Å². The van der Waals surface area contributed by atoms with Crippen molar-refractivity contribution >= 4 is 19.7 Å². The molecule has 0 amide bonds. The Hall–Kier alpha value is -1.05. The van der Waals surface area contributed by atoms with Crippen LogP contribution in [0, 0.1) is 0 Å². The van der Waals surface area contributed by atoms with Crippen molar-refractivity contribution in [3.63, 3.8) is 0 Å². The largest absolute Gasteiger partial charge is 0.408 e. The highest BCUT2D eigenvalue weighted by molar-refractivity contribution is 7.11. The Balaban J connectivity index is 1.85. The highest BCUT2D eigenvalue weighted by atomic mass is 32.1. The minimum absolute atomic E-state index is 0.0181. The monoisotopic (exact) mass is 392 g/mol. The number of aromatic nitrogens is 1. The van der Waals surface area contributed by atoms with Crippen LogP contribution in [0.25, 0.3) is 0 Å². The van der Waals surface area contributed by atoms with Crippen LogP contribution < -0.4 is 5.32 Å². The van der Waals surface area contributed by atoms with Crippen molar-refractivity contribution < 1.29 is 9.53 Å². The predicted molar refractivity (Wildman–Crippen MR) is 112 cm³/mol. The lowest BCUT2D eigenvalue weighted by atomic mass is 10.1. The molecule has 0 aliphatic heterocycles. The third-order valence-corrected chi connectivity index (χ3v) is 10.7. The van der Waals surface area contributed by atoms with Gasteiger partial charge in [0.05, 0.1) is 12.2 Å². The molecule has 0 aliphatic carbocycles. The van der Waals surface area contributed by atoms with Gasteiger partial charge in [0.25, 0.3) is 0 Å². The molecule has 6 heteroatoms. The second-order valence-corrected chi connectivity index (χ2v) is 14.1. The number of nitrogens with zero attached hydrogens (tertiary/aromatic N) is 1. The number of thiazole rings is 1. The van der Waals surface area contributed by atoms with E-state index in [1.54, 1.807) is 11.3 Å². The zero-order valence-corrected chi connectivity index (χ0v) is 18.6. The summed E-state index contributed by atoms with van der Waals surface area (Å²) in [4.78, 5) is 5.71. The first kappa shape index (κ1) is 21.2. The van der Waals surface area contributed by atoms with E-state index < -0.39 is 14.4 Å². The molecular formula is C20H32N2O2SSi. The second-order valence-electron chi connectivity index (χ2n) is 8.24. The third kappa shape index (κ3) is 5.72. The third-order valence-electron chi connectivity index (χ3n) is 5.02. The SMILES string of the molecule is CC(O[Si](C)(C)C(C)(C)C)c1ncc(CNCC(O)c2ccccc2)s1. The number of nitrogens with one attached hydrogen (secondary N) is 1. The maximum atomic E-state index is 10.2. The van der Waals surface area contributed by atoms with Crippen LogP contribution in [-0.2, 0) is 11.0 Å². The number of aliphatic hydroxyl groups excluding tert-OH is 1. The Kier molecular flexibility index (Phi) is 7.16. The predicted octanol–water partition coefficient (Wildman–Crippen LogP) is 5.05. The Morgan fingerprint density at radius 2 is 1.88 bits per heavy atom. The number of rotatable bonds is 8. The fourth-order valence-electron chi connectivity index (χ4n) is 2.39. The van der Waals surface area contributed by atoms with Crippen molar-refractivity contribution in [1.82, 2.24) is 10.3 Å². The van der Waals surface area contributed by atoms with Crippen molar-refractivity contribution in [3.8, 4) is 0 Å². The van der Waals surface area contributed by atoms with Crippen LogP contribution in [0.3, 0.4) is 0 Å². The molecule has 4 nitrogen and oxygen atoms in total. The lowest BCUT2D eigenvalue weighted by Gasteiger charge is -2.38. The first-order valence-corrected chi connectivity index (χ1v) is 12.9. The number of hydrogen-bond acceptors (Lipinski definition) is 5.